The number of aromatic nitrogens is 2. The van der Waals surface area contributed by atoms with Crippen LogP contribution in [0, 0.1) is 0 Å². The molecule has 0 aliphatic carbocycles. The van der Waals surface area contributed by atoms with E-state index in [2.05, 4.69) is 15.6 Å². The monoisotopic (exact) mass is 585 g/mol. The minimum absolute atomic E-state index is 0.0304. The molecule has 0 fully saturated rings. The summed E-state index contributed by atoms with van der Waals surface area (Å²) in [5, 5.41) is 5.98. The van der Waals surface area contributed by atoms with Gasteiger partial charge in [-0.2, -0.15) is 0 Å². The minimum Gasteiger partial charge on any atom is -0.497 e. The topological polar surface area (TPSA) is 132 Å². The first-order chi connectivity index (χ1) is 20.4. The van der Waals surface area contributed by atoms with Crippen LogP contribution in [-0.4, -0.2) is 45.6 Å². The third-order valence-electron chi connectivity index (χ3n) is 6.21. The molecule has 1 amide bonds. The molecule has 12 heteroatoms. The number of thiol groups is 1. The predicted molar refractivity (Wildman–Crippen MR) is 162 cm³/mol. The van der Waals surface area contributed by atoms with Gasteiger partial charge in [0.2, 0.25) is 10.9 Å². The molecule has 5 aromatic rings. The van der Waals surface area contributed by atoms with Crippen molar-refractivity contribution in [2.24, 2.45) is 0 Å². The summed E-state index contributed by atoms with van der Waals surface area (Å²) >= 11 is 0. The number of fused-ring (bicyclic) bond motifs is 1. The molecule has 0 aliphatic rings. The fourth-order valence-corrected chi connectivity index (χ4v) is 4.82. The van der Waals surface area contributed by atoms with Crippen LogP contribution in [0.1, 0.15) is 10.4 Å². The molecule has 0 saturated heterocycles. The molecule has 4 aromatic carbocycles. The Morgan fingerprint density at radius 2 is 1.38 bits per heavy atom. The molecule has 42 heavy (non-hydrogen) atoms. The lowest BCUT2D eigenvalue weighted by Crippen LogP contribution is -2.19. The molecular weight excluding hydrogens is 558 g/mol. The molecule has 0 bridgehead atoms. The van der Waals surface area contributed by atoms with Gasteiger partial charge in [0.15, 0.2) is 11.6 Å². The summed E-state index contributed by atoms with van der Waals surface area (Å²) < 4.78 is 42.6. The lowest BCUT2D eigenvalue weighted by atomic mass is 10.2. The van der Waals surface area contributed by atoms with Crippen LogP contribution in [0.2, 0.25) is 0 Å². The van der Waals surface area contributed by atoms with Crippen molar-refractivity contribution < 1.29 is 27.4 Å². The molecule has 0 atom stereocenters. The van der Waals surface area contributed by atoms with Gasteiger partial charge in [0.1, 0.15) is 17.2 Å². The van der Waals surface area contributed by atoms with E-state index in [0.29, 0.717) is 45.2 Å². The second-order valence-electron chi connectivity index (χ2n) is 8.90. The number of amides is 1. The van der Waals surface area contributed by atoms with Crippen LogP contribution < -0.4 is 29.1 Å². The highest BCUT2D eigenvalue weighted by atomic mass is 32.2. The molecule has 1 heterocycles. The van der Waals surface area contributed by atoms with E-state index in [1.165, 1.54) is 21.3 Å². The Kier molecular flexibility index (Phi) is 8.34. The standard InChI is InChI=1S/C30H27N5O6S/c1-39-23-11-6-8-19(14-23)30(36)32-20-9-7-10-22(15-20)35(42(37)38)29-28(33-26-12-4-5-13-27(26)34-29)31-21-16-24(40-2)18-25(17-21)41-3/h4-18,42H,1-3H3,(H,31,33)(H,32,36). The molecular formula is C30H27N5O6S. The highest BCUT2D eigenvalue weighted by Crippen LogP contribution is 2.36. The second kappa shape index (κ2) is 12.4. The highest BCUT2D eigenvalue weighted by molar-refractivity contribution is 7.74. The van der Waals surface area contributed by atoms with Gasteiger partial charge >= 0.3 is 0 Å². The van der Waals surface area contributed by atoms with E-state index in [-0.39, 0.29) is 23.2 Å². The molecule has 214 valence electrons. The number of ether oxygens (including phenoxy) is 3. The largest absolute Gasteiger partial charge is 0.497 e. The molecule has 1 aromatic heterocycles. The normalized spacial score (nSPS) is 10.8. The van der Waals surface area contributed by atoms with Gasteiger partial charge in [-0.3, -0.25) is 4.79 Å². The first kappa shape index (κ1) is 28.2. The number of nitrogens with zero attached hydrogens (tertiary/aromatic N) is 3. The van der Waals surface area contributed by atoms with E-state index in [1.807, 2.05) is 6.07 Å². The number of carbonyl (C=O) groups excluding carboxylic acids is 1. The zero-order chi connectivity index (χ0) is 29.6. The summed E-state index contributed by atoms with van der Waals surface area (Å²) in [4.78, 5) is 22.3. The van der Waals surface area contributed by atoms with E-state index in [4.69, 9.17) is 19.2 Å². The number of benzene rings is 4. The molecule has 5 rings (SSSR count). The van der Waals surface area contributed by atoms with Crippen molar-refractivity contribution in [1.29, 1.82) is 0 Å². The number of anilines is 5. The van der Waals surface area contributed by atoms with Gasteiger partial charge in [0.25, 0.3) is 5.91 Å². The highest BCUT2D eigenvalue weighted by Gasteiger charge is 2.22. The number of nitrogens with one attached hydrogen (secondary N) is 2. The van der Waals surface area contributed by atoms with E-state index < -0.39 is 10.9 Å². The van der Waals surface area contributed by atoms with Crippen LogP contribution in [0.15, 0.2) is 91.0 Å². The van der Waals surface area contributed by atoms with Gasteiger partial charge in [0, 0.05) is 35.1 Å². The summed E-state index contributed by atoms with van der Waals surface area (Å²) in [6.45, 7) is 0. The van der Waals surface area contributed by atoms with E-state index in [9.17, 15) is 13.2 Å². The molecule has 0 spiro atoms. The van der Waals surface area contributed by atoms with Gasteiger partial charge in [-0.15, -0.1) is 0 Å². The van der Waals surface area contributed by atoms with Crippen LogP contribution in [0.25, 0.3) is 11.0 Å². The number of hydrogen-bond acceptors (Lipinski definition) is 9. The van der Waals surface area contributed by atoms with Crippen LogP contribution in [0.4, 0.5) is 28.7 Å². The molecule has 0 aliphatic heterocycles. The Morgan fingerprint density at radius 1 is 0.714 bits per heavy atom. The van der Waals surface area contributed by atoms with Crippen LogP contribution in [0.3, 0.4) is 0 Å². The van der Waals surface area contributed by atoms with Gasteiger partial charge < -0.3 is 24.8 Å². The average Bonchev–Trinajstić information content (AvgIpc) is 3.01. The van der Waals surface area contributed by atoms with Crippen LogP contribution in [-0.2, 0) is 10.9 Å². The summed E-state index contributed by atoms with van der Waals surface area (Å²) in [6.07, 6.45) is 0. The Hall–Kier alpha value is -5.36. The summed E-state index contributed by atoms with van der Waals surface area (Å²) in [6, 6.07) is 25.4. The maximum absolute atomic E-state index is 12.9. The number of carbonyl (C=O) groups is 1. The van der Waals surface area contributed by atoms with Crippen molar-refractivity contribution in [1.82, 2.24) is 9.97 Å². The first-order valence-electron chi connectivity index (χ1n) is 12.7. The Balaban J connectivity index is 1.56. The quantitative estimate of drug-likeness (QED) is 0.186. The zero-order valence-corrected chi connectivity index (χ0v) is 23.8. The number of para-hydroxylation sites is 2. The smallest absolute Gasteiger partial charge is 0.255 e. The number of rotatable bonds is 10. The fourth-order valence-electron chi connectivity index (χ4n) is 4.22. The maximum Gasteiger partial charge on any atom is 0.255 e. The summed E-state index contributed by atoms with van der Waals surface area (Å²) in [5.74, 6) is 1.41. The maximum atomic E-state index is 12.9. The number of hydrogen-bond donors (Lipinski definition) is 3. The van der Waals surface area contributed by atoms with Gasteiger partial charge in [0.05, 0.1) is 38.1 Å². The van der Waals surface area contributed by atoms with E-state index >= 15 is 0 Å². The van der Waals surface area contributed by atoms with Crippen LogP contribution in [0.5, 0.6) is 17.2 Å². The van der Waals surface area contributed by atoms with Crippen molar-refractivity contribution in [3.63, 3.8) is 0 Å². The molecule has 2 N–H and O–H groups in total. The first-order valence-corrected chi connectivity index (χ1v) is 13.8. The van der Waals surface area contributed by atoms with Gasteiger partial charge in [-0.25, -0.2) is 22.7 Å². The van der Waals surface area contributed by atoms with Crippen molar-refractivity contribution in [3.05, 3.63) is 96.6 Å². The third-order valence-corrected chi connectivity index (χ3v) is 6.96. The molecule has 0 saturated carbocycles. The van der Waals surface area contributed by atoms with Crippen molar-refractivity contribution >= 4 is 56.5 Å². The van der Waals surface area contributed by atoms with Crippen LogP contribution >= 0.6 is 0 Å². The Bertz CT molecular complexity index is 1810. The number of methoxy groups -OCH3 is 3. The summed E-state index contributed by atoms with van der Waals surface area (Å²) in [7, 11) is 1.33. The van der Waals surface area contributed by atoms with Crippen molar-refractivity contribution in [3.8, 4) is 17.2 Å². The SMILES string of the molecule is COc1cc(Nc2nc3ccccc3nc2N(c2cccc(NC(=O)c3cccc(OC)c3)c2)[SH](=O)=O)cc(OC)c1. The van der Waals surface area contributed by atoms with E-state index in [0.717, 1.165) is 4.31 Å². The minimum atomic E-state index is -3.25. The van der Waals surface area contributed by atoms with Gasteiger partial charge in [-0.05, 0) is 48.5 Å². The fraction of sp³-hybridized carbons (Fsp3) is 0.100. The Morgan fingerprint density at radius 3 is 2.05 bits per heavy atom. The lowest BCUT2D eigenvalue weighted by Gasteiger charge is -2.21. The average molecular weight is 586 g/mol. The lowest BCUT2D eigenvalue weighted by molar-refractivity contribution is 0.102. The molecule has 0 radical (unpaired) electrons. The zero-order valence-electron chi connectivity index (χ0n) is 22.9. The molecule has 0 unspecified atom stereocenters. The second-order valence-corrected chi connectivity index (χ2v) is 9.77. The third kappa shape index (κ3) is 6.18. The molecule has 11 nitrogen and oxygen atoms in total. The van der Waals surface area contributed by atoms with Crippen molar-refractivity contribution in [2.45, 2.75) is 0 Å². The Labute approximate surface area is 243 Å². The van der Waals surface area contributed by atoms with Crippen molar-refractivity contribution in [2.75, 3.05) is 36.3 Å². The van der Waals surface area contributed by atoms with Gasteiger partial charge in [-0.1, -0.05) is 24.3 Å². The predicted octanol–water partition coefficient (Wildman–Crippen LogP) is 5.32. The van der Waals surface area contributed by atoms with E-state index in [1.54, 1.807) is 84.9 Å². The summed E-state index contributed by atoms with van der Waals surface area (Å²) in [5.41, 5.74) is 2.59.